The van der Waals surface area contributed by atoms with Crippen LogP contribution in [0.2, 0.25) is 0 Å². The second kappa shape index (κ2) is 7.39. The summed E-state index contributed by atoms with van der Waals surface area (Å²) in [4.78, 5) is 12.2. The van der Waals surface area contributed by atoms with E-state index in [2.05, 4.69) is 57.5 Å². The molecule has 4 N–H and O–H groups in total. The number of hydrogen-bond donors (Lipinski definition) is 4. The van der Waals surface area contributed by atoms with Gasteiger partial charge in [0.05, 0.1) is 5.60 Å². The minimum absolute atomic E-state index is 0.00243. The number of carbonyl (C=O) groups is 1. The van der Waals surface area contributed by atoms with Gasteiger partial charge in [0, 0.05) is 23.7 Å². The molecular weight excluding hydrogens is 290 g/mol. The SMILES string of the molecule is CC(C)CCC(C)(O)CNC(=O)NC1CC(C)(C)NC(C)(C)C1. The third-order valence-electron chi connectivity index (χ3n) is 4.42. The van der Waals surface area contributed by atoms with Crippen LogP contribution >= 0.6 is 0 Å². The second-order valence-corrected chi connectivity index (χ2v) is 9.25. The van der Waals surface area contributed by atoms with Crippen LogP contribution in [0.25, 0.3) is 0 Å². The lowest BCUT2D eigenvalue weighted by Gasteiger charge is -2.46. The van der Waals surface area contributed by atoms with E-state index in [-0.39, 0.29) is 29.7 Å². The van der Waals surface area contributed by atoms with Crippen LogP contribution in [0.4, 0.5) is 4.79 Å². The molecule has 1 heterocycles. The standard InChI is InChI=1S/C18H37N3O2/c1-13(2)8-9-18(7,23)12-19-15(22)20-14-10-16(3,4)21-17(5,6)11-14/h13-14,21,23H,8-12H2,1-7H3,(H2,19,20,22). The summed E-state index contributed by atoms with van der Waals surface area (Å²) in [7, 11) is 0. The molecule has 0 aromatic rings. The van der Waals surface area contributed by atoms with Gasteiger partial charge in [0.15, 0.2) is 0 Å². The van der Waals surface area contributed by atoms with Crippen LogP contribution in [0.15, 0.2) is 0 Å². The molecule has 0 aliphatic carbocycles. The zero-order valence-corrected chi connectivity index (χ0v) is 16.0. The van der Waals surface area contributed by atoms with Crippen molar-refractivity contribution in [3.05, 3.63) is 0 Å². The van der Waals surface area contributed by atoms with Crippen molar-refractivity contribution in [3.8, 4) is 0 Å². The van der Waals surface area contributed by atoms with Crippen LogP contribution in [-0.4, -0.2) is 40.4 Å². The molecule has 0 bridgehead atoms. The van der Waals surface area contributed by atoms with E-state index in [0.717, 1.165) is 19.3 Å². The van der Waals surface area contributed by atoms with E-state index in [9.17, 15) is 9.90 Å². The molecule has 0 spiro atoms. The van der Waals surface area contributed by atoms with Crippen molar-refractivity contribution >= 4 is 6.03 Å². The van der Waals surface area contributed by atoms with Crippen molar-refractivity contribution < 1.29 is 9.90 Å². The van der Waals surface area contributed by atoms with E-state index >= 15 is 0 Å². The Hall–Kier alpha value is -0.810. The van der Waals surface area contributed by atoms with Crippen molar-refractivity contribution in [2.75, 3.05) is 6.54 Å². The molecule has 1 aliphatic rings. The lowest BCUT2D eigenvalue weighted by atomic mass is 9.80. The van der Waals surface area contributed by atoms with Crippen LogP contribution in [0.5, 0.6) is 0 Å². The van der Waals surface area contributed by atoms with E-state index in [1.807, 2.05) is 0 Å². The Balaban J connectivity index is 2.44. The maximum absolute atomic E-state index is 12.2. The maximum Gasteiger partial charge on any atom is 0.315 e. The van der Waals surface area contributed by atoms with E-state index in [1.54, 1.807) is 6.92 Å². The number of rotatable bonds is 6. The van der Waals surface area contributed by atoms with Crippen LogP contribution in [0.3, 0.4) is 0 Å². The smallest absolute Gasteiger partial charge is 0.315 e. The van der Waals surface area contributed by atoms with Crippen molar-refractivity contribution in [1.29, 1.82) is 0 Å². The summed E-state index contributed by atoms with van der Waals surface area (Å²) < 4.78 is 0. The fourth-order valence-electron chi connectivity index (χ4n) is 3.62. The number of urea groups is 1. The Morgan fingerprint density at radius 1 is 1.26 bits per heavy atom. The zero-order valence-electron chi connectivity index (χ0n) is 16.0. The quantitative estimate of drug-likeness (QED) is 0.606. The molecule has 1 rings (SSSR count). The van der Waals surface area contributed by atoms with Crippen LogP contribution in [0.1, 0.15) is 74.1 Å². The summed E-state index contributed by atoms with van der Waals surface area (Å²) >= 11 is 0. The average molecular weight is 328 g/mol. The fraction of sp³-hybridized carbons (Fsp3) is 0.944. The Bertz CT molecular complexity index is 387. The molecular formula is C18H37N3O2. The predicted molar refractivity (Wildman–Crippen MR) is 95.5 cm³/mol. The van der Waals surface area contributed by atoms with Crippen LogP contribution in [0, 0.1) is 5.92 Å². The highest BCUT2D eigenvalue weighted by Gasteiger charge is 2.38. The molecule has 136 valence electrons. The summed E-state index contributed by atoms with van der Waals surface area (Å²) in [6, 6.07) is -0.0461. The van der Waals surface area contributed by atoms with Crippen LogP contribution in [-0.2, 0) is 0 Å². The molecule has 0 saturated carbocycles. The number of carbonyl (C=O) groups excluding carboxylic acids is 1. The Kier molecular flexibility index (Phi) is 6.50. The molecule has 23 heavy (non-hydrogen) atoms. The Labute approximate surface area is 142 Å². The van der Waals surface area contributed by atoms with Crippen molar-refractivity contribution in [3.63, 3.8) is 0 Å². The first kappa shape index (κ1) is 20.2. The summed E-state index contributed by atoms with van der Waals surface area (Å²) in [6.07, 6.45) is 3.44. The molecule has 2 amide bonds. The lowest BCUT2D eigenvalue weighted by Crippen LogP contribution is -2.63. The highest BCUT2D eigenvalue weighted by atomic mass is 16.3. The Morgan fingerprint density at radius 2 is 1.78 bits per heavy atom. The van der Waals surface area contributed by atoms with Gasteiger partial charge in [-0.2, -0.15) is 0 Å². The zero-order chi connectivity index (χ0) is 17.9. The van der Waals surface area contributed by atoms with Gasteiger partial charge in [-0.05, 0) is 66.2 Å². The maximum atomic E-state index is 12.2. The van der Waals surface area contributed by atoms with E-state index < -0.39 is 5.60 Å². The number of amides is 2. The monoisotopic (exact) mass is 327 g/mol. The van der Waals surface area contributed by atoms with Crippen molar-refractivity contribution in [2.24, 2.45) is 5.92 Å². The molecule has 5 nitrogen and oxygen atoms in total. The average Bonchev–Trinajstić information content (AvgIpc) is 2.30. The van der Waals surface area contributed by atoms with Gasteiger partial charge in [-0.25, -0.2) is 4.79 Å². The van der Waals surface area contributed by atoms with Gasteiger partial charge in [0.1, 0.15) is 0 Å². The Morgan fingerprint density at radius 3 is 2.26 bits per heavy atom. The lowest BCUT2D eigenvalue weighted by molar-refractivity contribution is 0.0472. The number of aliphatic hydroxyl groups is 1. The van der Waals surface area contributed by atoms with Gasteiger partial charge in [-0.3, -0.25) is 0 Å². The van der Waals surface area contributed by atoms with Gasteiger partial charge in [0.25, 0.3) is 0 Å². The van der Waals surface area contributed by atoms with Crippen LogP contribution < -0.4 is 16.0 Å². The molecule has 1 aliphatic heterocycles. The van der Waals surface area contributed by atoms with E-state index in [1.165, 1.54) is 0 Å². The third-order valence-corrected chi connectivity index (χ3v) is 4.42. The molecule has 0 aromatic heterocycles. The van der Waals surface area contributed by atoms with Gasteiger partial charge in [-0.1, -0.05) is 13.8 Å². The normalized spacial score (nSPS) is 23.3. The van der Waals surface area contributed by atoms with E-state index in [0.29, 0.717) is 12.3 Å². The van der Waals surface area contributed by atoms with Crippen molar-refractivity contribution in [2.45, 2.75) is 96.9 Å². The summed E-state index contributed by atoms with van der Waals surface area (Å²) in [5.41, 5.74) is -0.848. The topological polar surface area (TPSA) is 73.4 Å². The number of nitrogens with one attached hydrogen (secondary N) is 3. The highest BCUT2D eigenvalue weighted by molar-refractivity contribution is 5.74. The van der Waals surface area contributed by atoms with Gasteiger partial charge >= 0.3 is 6.03 Å². The second-order valence-electron chi connectivity index (χ2n) is 9.25. The van der Waals surface area contributed by atoms with E-state index in [4.69, 9.17) is 0 Å². The predicted octanol–water partition coefficient (Wildman–Crippen LogP) is 2.78. The van der Waals surface area contributed by atoms with Gasteiger partial charge in [0.2, 0.25) is 0 Å². The van der Waals surface area contributed by atoms with Crippen molar-refractivity contribution in [1.82, 2.24) is 16.0 Å². The first-order valence-corrected chi connectivity index (χ1v) is 8.86. The first-order valence-electron chi connectivity index (χ1n) is 8.86. The molecule has 1 fully saturated rings. The largest absolute Gasteiger partial charge is 0.388 e. The van der Waals surface area contributed by atoms with Gasteiger partial charge < -0.3 is 21.1 Å². The number of hydrogen-bond acceptors (Lipinski definition) is 3. The summed E-state index contributed by atoms with van der Waals surface area (Å²) in [5, 5.41) is 19.8. The highest BCUT2D eigenvalue weighted by Crippen LogP contribution is 2.28. The number of piperidine rings is 1. The third kappa shape index (κ3) is 8.02. The minimum atomic E-state index is -0.853. The molecule has 0 radical (unpaired) electrons. The first-order chi connectivity index (χ1) is 10.3. The fourth-order valence-corrected chi connectivity index (χ4v) is 3.62. The van der Waals surface area contributed by atoms with Gasteiger partial charge in [-0.15, -0.1) is 0 Å². The summed E-state index contributed by atoms with van der Waals surface area (Å²) in [6.45, 7) is 15.0. The molecule has 1 atom stereocenters. The summed E-state index contributed by atoms with van der Waals surface area (Å²) in [5.74, 6) is 0.550. The molecule has 5 heteroatoms. The molecule has 1 saturated heterocycles. The minimum Gasteiger partial charge on any atom is -0.388 e. The molecule has 1 unspecified atom stereocenters. The molecule has 0 aromatic carbocycles.